The van der Waals surface area contributed by atoms with E-state index in [1.54, 1.807) is 12.1 Å². The van der Waals surface area contributed by atoms with Gasteiger partial charge >= 0.3 is 12.0 Å². The van der Waals surface area contributed by atoms with Crippen molar-refractivity contribution in [1.82, 2.24) is 14.5 Å². The minimum absolute atomic E-state index is 0.0597. The maximum atomic E-state index is 15.7. The second-order valence-electron chi connectivity index (χ2n) is 17.7. The first-order chi connectivity index (χ1) is 25.9. The van der Waals surface area contributed by atoms with Gasteiger partial charge in [0.05, 0.1) is 37.0 Å². The number of aryl methyl sites for hydroxylation is 1. The Morgan fingerprint density at radius 3 is 2.51 bits per heavy atom. The SMILES string of the molecule is CCCCOC(=O)/C=C/c1cc(F)c2c(c1)CC[C@@H]2Nc1nc2c(cc1Cl)nc(O[C@@H]1CO[C@@H]3C(O[Si](C)(C)C(C)(C)C)CO[C@@H]31)n2COCC[Si](C)(C)C. The molecule has 0 saturated carbocycles. The van der Waals surface area contributed by atoms with E-state index < -0.39 is 28.5 Å². The van der Waals surface area contributed by atoms with E-state index in [4.69, 9.17) is 49.7 Å². The first-order valence-corrected chi connectivity index (χ1v) is 26.6. The third-order valence-corrected chi connectivity index (χ3v) is 17.6. The Morgan fingerprint density at radius 1 is 1.07 bits per heavy atom. The molecule has 5 atom stereocenters. The van der Waals surface area contributed by atoms with Crippen LogP contribution in [0, 0.1) is 5.82 Å². The third kappa shape index (κ3) is 9.82. The highest BCUT2D eigenvalue weighted by molar-refractivity contribution is 6.76. The van der Waals surface area contributed by atoms with Crippen LogP contribution in [0.2, 0.25) is 48.8 Å². The fourth-order valence-corrected chi connectivity index (χ4v) is 9.11. The zero-order chi connectivity index (χ0) is 39.7. The van der Waals surface area contributed by atoms with Crippen LogP contribution in [0.1, 0.15) is 69.7 Å². The molecular formula is C40H58ClFN4O7Si2. The number of esters is 1. The fraction of sp³-hybridized carbons (Fsp3) is 0.625. The van der Waals surface area contributed by atoms with Crippen LogP contribution in [0.4, 0.5) is 10.2 Å². The lowest BCUT2D eigenvalue weighted by molar-refractivity contribution is -0.137. The van der Waals surface area contributed by atoms with Crippen molar-refractivity contribution in [3.8, 4) is 6.01 Å². The number of nitrogens with zero attached hydrogens (tertiary/aromatic N) is 3. The van der Waals surface area contributed by atoms with Crippen molar-refractivity contribution in [2.75, 3.05) is 31.7 Å². The number of aromatic nitrogens is 3. The molecular weight excluding hydrogens is 759 g/mol. The molecule has 1 aromatic carbocycles. The van der Waals surface area contributed by atoms with Gasteiger partial charge in [-0.15, -0.1) is 0 Å². The van der Waals surface area contributed by atoms with Gasteiger partial charge < -0.3 is 33.4 Å². The number of nitrogens with one attached hydrogen (secondary N) is 1. The molecule has 2 aromatic heterocycles. The molecule has 0 amide bonds. The number of carbonyl (C=O) groups excluding carboxylic acids is 1. The number of rotatable bonds is 16. The summed E-state index contributed by atoms with van der Waals surface area (Å²) in [5.41, 5.74) is 3.11. The smallest absolute Gasteiger partial charge is 0.330 e. The molecule has 2 aliphatic heterocycles. The minimum atomic E-state index is -2.05. The summed E-state index contributed by atoms with van der Waals surface area (Å²) in [7, 11) is -3.39. The molecule has 6 rings (SSSR count). The number of imidazole rings is 1. The highest BCUT2D eigenvalue weighted by Gasteiger charge is 2.52. The van der Waals surface area contributed by atoms with Crippen molar-refractivity contribution < 1.29 is 37.3 Å². The van der Waals surface area contributed by atoms with Crippen LogP contribution in [0.3, 0.4) is 0 Å². The van der Waals surface area contributed by atoms with Crippen molar-refractivity contribution in [2.24, 2.45) is 0 Å². The monoisotopic (exact) mass is 816 g/mol. The van der Waals surface area contributed by atoms with Crippen molar-refractivity contribution in [2.45, 2.75) is 134 Å². The first kappa shape index (κ1) is 41.8. The molecule has 2 saturated heterocycles. The third-order valence-electron chi connectivity index (χ3n) is 11.1. The average molecular weight is 818 g/mol. The number of benzene rings is 1. The summed E-state index contributed by atoms with van der Waals surface area (Å²) in [6.07, 6.45) is 4.86. The molecule has 0 radical (unpaired) electrons. The van der Waals surface area contributed by atoms with Gasteiger partial charge in [-0.25, -0.2) is 14.2 Å². The molecule has 1 unspecified atom stereocenters. The van der Waals surface area contributed by atoms with Gasteiger partial charge in [-0.05, 0) is 72.8 Å². The van der Waals surface area contributed by atoms with Crippen molar-refractivity contribution >= 4 is 57.0 Å². The maximum Gasteiger partial charge on any atom is 0.330 e. The predicted molar refractivity (Wildman–Crippen MR) is 219 cm³/mol. The van der Waals surface area contributed by atoms with E-state index in [-0.39, 0.29) is 41.9 Å². The fourth-order valence-electron chi connectivity index (χ4n) is 6.84. The van der Waals surface area contributed by atoms with Gasteiger partial charge in [0.2, 0.25) is 0 Å². The lowest BCUT2D eigenvalue weighted by Gasteiger charge is -2.39. The summed E-state index contributed by atoms with van der Waals surface area (Å²) in [4.78, 5) is 21.9. The molecule has 11 nitrogen and oxygen atoms in total. The summed E-state index contributed by atoms with van der Waals surface area (Å²) in [5.74, 6) is -0.385. The molecule has 302 valence electrons. The molecule has 0 spiro atoms. The van der Waals surface area contributed by atoms with Gasteiger partial charge in [-0.3, -0.25) is 4.57 Å². The average Bonchev–Trinajstić information content (AvgIpc) is 3.86. The lowest BCUT2D eigenvalue weighted by Crippen LogP contribution is -2.47. The Kier molecular flexibility index (Phi) is 12.9. The molecule has 4 heterocycles. The van der Waals surface area contributed by atoms with E-state index in [0.717, 1.165) is 24.4 Å². The number of hydrogen-bond donors (Lipinski definition) is 1. The number of unbranched alkanes of at least 4 members (excludes halogenated alkanes) is 1. The van der Waals surface area contributed by atoms with E-state index in [1.165, 1.54) is 12.1 Å². The van der Waals surface area contributed by atoms with Gasteiger partial charge in [0.15, 0.2) is 20.1 Å². The molecule has 55 heavy (non-hydrogen) atoms. The number of fused-ring (bicyclic) bond motifs is 3. The number of ether oxygens (including phenoxy) is 5. The van der Waals surface area contributed by atoms with Crippen molar-refractivity contribution in [3.63, 3.8) is 0 Å². The second-order valence-corrected chi connectivity index (χ2v) is 28.5. The highest BCUT2D eigenvalue weighted by Crippen LogP contribution is 2.42. The van der Waals surface area contributed by atoms with Crippen LogP contribution >= 0.6 is 11.6 Å². The van der Waals surface area contributed by atoms with Gasteiger partial charge in [0, 0.05) is 26.3 Å². The van der Waals surface area contributed by atoms with Crippen LogP contribution in [0.15, 0.2) is 24.3 Å². The van der Waals surface area contributed by atoms with Crippen molar-refractivity contribution in [1.29, 1.82) is 0 Å². The molecule has 1 aliphatic carbocycles. The molecule has 15 heteroatoms. The highest BCUT2D eigenvalue weighted by atomic mass is 35.5. The van der Waals surface area contributed by atoms with E-state index in [9.17, 15) is 4.79 Å². The Labute approximate surface area is 331 Å². The van der Waals surface area contributed by atoms with Crippen LogP contribution in [-0.4, -0.2) is 87.7 Å². The topological polar surface area (TPSA) is 115 Å². The summed E-state index contributed by atoms with van der Waals surface area (Å²) >= 11 is 6.83. The predicted octanol–water partition coefficient (Wildman–Crippen LogP) is 8.93. The zero-order valence-corrected chi connectivity index (χ0v) is 36.6. The Bertz CT molecular complexity index is 1880. The largest absolute Gasteiger partial charge is 0.463 e. The van der Waals surface area contributed by atoms with E-state index in [1.807, 2.05) is 17.6 Å². The second kappa shape index (κ2) is 16.9. The van der Waals surface area contributed by atoms with Crippen LogP contribution < -0.4 is 10.1 Å². The molecule has 3 aliphatic rings. The summed E-state index contributed by atoms with van der Waals surface area (Å²) < 4.78 is 54.8. The minimum Gasteiger partial charge on any atom is -0.463 e. The standard InChI is InChI=1S/C40H58ClFN4O7Si2/c1-10-11-16-49-33(47)15-12-25-19-26-13-14-29(34(26)28(42)20-25)43-37-27(41)21-30-38(45-37)46(24-48-17-18-54(5,6)7)39(44-30)52-31-22-50-36-32(23-51-35(31)36)53-55(8,9)40(2,3)4/h12,15,19-21,29,31-32,35-36H,10-11,13-14,16-18,22-24H2,1-9H3,(H,43,45)/b15-12+/t29-,31+,32?,35+,36+/m0/s1. The number of anilines is 1. The maximum absolute atomic E-state index is 15.7. The van der Waals surface area contributed by atoms with E-state index >= 15 is 4.39 Å². The molecule has 1 N–H and O–H groups in total. The zero-order valence-electron chi connectivity index (χ0n) is 33.8. The number of halogens is 2. The summed E-state index contributed by atoms with van der Waals surface area (Å²) in [5, 5.41) is 3.83. The van der Waals surface area contributed by atoms with Gasteiger partial charge in [0.25, 0.3) is 0 Å². The van der Waals surface area contributed by atoms with Gasteiger partial charge in [0.1, 0.15) is 36.1 Å². The Morgan fingerprint density at radius 2 is 1.80 bits per heavy atom. The number of pyridine rings is 1. The van der Waals surface area contributed by atoms with Gasteiger partial charge in [-0.1, -0.05) is 71.4 Å². The Hall–Kier alpha value is -2.86. The van der Waals surface area contributed by atoms with Crippen molar-refractivity contribution in [3.05, 3.63) is 51.8 Å². The number of hydrogen-bond acceptors (Lipinski definition) is 10. The molecule has 3 aromatic rings. The number of carbonyl (C=O) groups is 1. The van der Waals surface area contributed by atoms with E-state index in [2.05, 4.69) is 58.8 Å². The first-order valence-electron chi connectivity index (χ1n) is 19.6. The lowest BCUT2D eigenvalue weighted by atomic mass is 10.0. The van der Waals surface area contributed by atoms with Crippen LogP contribution in [0.5, 0.6) is 6.01 Å². The van der Waals surface area contributed by atoms with Crippen LogP contribution in [0.25, 0.3) is 17.2 Å². The molecule has 0 bridgehead atoms. The quantitative estimate of drug-likeness (QED) is 0.0651. The normalized spacial score (nSPS) is 22.8. The van der Waals surface area contributed by atoms with Gasteiger partial charge in [-0.2, -0.15) is 4.98 Å². The Balaban J connectivity index is 1.21. The van der Waals surface area contributed by atoms with Crippen LogP contribution in [-0.2, 0) is 41.3 Å². The summed E-state index contributed by atoms with van der Waals surface area (Å²) in [6.45, 7) is 22.0. The van der Waals surface area contributed by atoms with E-state index in [0.29, 0.717) is 78.4 Å². The summed E-state index contributed by atoms with van der Waals surface area (Å²) in [6, 6.07) is 6.08. The molecule has 2 fully saturated rings.